The lowest BCUT2D eigenvalue weighted by Gasteiger charge is -2.19. The van der Waals surface area contributed by atoms with E-state index in [0.29, 0.717) is 13.0 Å². The summed E-state index contributed by atoms with van der Waals surface area (Å²) in [5, 5.41) is 10.5. The van der Waals surface area contributed by atoms with Crippen LogP contribution in [0.25, 0.3) is 0 Å². The van der Waals surface area contributed by atoms with Gasteiger partial charge in [-0.3, -0.25) is 0 Å². The van der Waals surface area contributed by atoms with Crippen molar-refractivity contribution in [3.05, 3.63) is 0 Å². The van der Waals surface area contributed by atoms with Crippen molar-refractivity contribution in [3.8, 4) is 0 Å². The molecule has 0 N–H and O–H groups in total. The highest BCUT2D eigenvalue weighted by molar-refractivity contribution is 4.58. The van der Waals surface area contributed by atoms with Crippen LogP contribution in [0.2, 0.25) is 0 Å². The van der Waals surface area contributed by atoms with E-state index in [2.05, 4.69) is 0 Å². The number of hydrogen-bond donors (Lipinski definition) is 0. The first-order valence-electron chi connectivity index (χ1n) is 3.71. The van der Waals surface area contributed by atoms with Gasteiger partial charge in [-0.15, -0.1) is 0 Å². The van der Waals surface area contributed by atoms with Crippen molar-refractivity contribution >= 4 is 0 Å². The Balaban J connectivity index is 3.21. The first kappa shape index (κ1) is 9.92. The zero-order chi connectivity index (χ0) is 8.20. The van der Waals surface area contributed by atoms with Crippen LogP contribution in [0.4, 0.5) is 0 Å². The molecule has 10 heavy (non-hydrogen) atoms. The van der Waals surface area contributed by atoms with Gasteiger partial charge in [-0.05, 0) is 34.1 Å². The van der Waals surface area contributed by atoms with Gasteiger partial charge in [0.25, 0.3) is 0 Å². The molecule has 0 aromatic carbocycles. The standard InChI is InChI=1S/C8H17O2/c1-7(9)5-6-10-8(2,3)4/h7H,5-6H2,1-4H3. The zero-order valence-corrected chi connectivity index (χ0v) is 7.31. The van der Waals surface area contributed by atoms with E-state index in [4.69, 9.17) is 4.74 Å². The Kier molecular flexibility index (Phi) is 3.91. The zero-order valence-electron chi connectivity index (χ0n) is 7.31. The maximum Gasteiger partial charge on any atom is 0.0924 e. The van der Waals surface area contributed by atoms with Crippen molar-refractivity contribution in [1.29, 1.82) is 0 Å². The highest BCUT2D eigenvalue weighted by Gasteiger charge is 2.09. The summed E-state index contributed by atoms with van der Waals surface area (Å²) in [5.41, 5.74) is -0.102. The van der Waals surface area contributed by atoms with Crippen molar-refractivity contribution in [2.75, 3.05) is 6.61 Å². The minimum absolute atomic E-state index is 0.102. The molecular formula is C8H17O2. The molecule has 0 fully saturated rings. The third-order valence-electron chi connectivity index (χ3n) is 1.06. The van der Waals surface area contributed by atoms with Gasteiger partial charge in [0.05, 0.1) is 11.7 Å². The Labute approximate surface area is 63.2 Å². The topological polar surface area (TPSA) is 29.1 Å². The van der Waals surface area contributed by atoms with Gasteiger partial charge < -0.3 is 4.74 Å². The van der Waals surface area contributed by atoms with Gasteiger partial charge in [-0.1, -0.05) is 0 Å². The summed E-state index contributed by atoms with van der Waals surface area (Å²) in [6.45, 7) is 8.20. The summed E-state index contributed by atoms with van der Waals surface area (Å²) < 4.78 is 5.34. The largest absolute Gasteiger partial charge is 0.376 e. The lowest BCUT2D eigenvalue weighted by Crippen LogP contribution is -2.21. The third-order valence-corrected chi connectivity index (χ3v) is 1.06. The first-order valence-corrected chi connectivity index (χ1v) is 3.71. The Morgan fingerprint density at radius 3 is 2.20 bits per heavy atom. The van der Waals surface area contributed by atoms with Gasteiger partial charge in [0, 0.05) is 6.61 Å². The molecule has 0 aromatic heterocycles. The summed E-state index contributed by atoms with van der Waals surface area (Å²) in [6, 6.07) is 0. The summed E-state index contributed by atoms with van der Waals surface area (Å²) in [7, 11) is 0. The molecule has 61 valence electrons. The van der Waals surface area contributed by atoms with Crippen molar-refractivity contribution < 1.29 is 9.84 Å². The van der Waals surface area contributed by atoms with Crippen molar-refractivity contribution in [1.82, 2.24) is 0 Å². The van der Waals surface area contributed by atoms with Gasteiger partial charge in [-0.25, -0.2) is 5.11 Å². The Hall–Kier alpha value is -0.0800. The molecule has 0 aliphatic heterocycles. The monoisotopic (exact) mass is 145 g/mol. The van der Waals surface area contributed by atoms with E-state index in [1.165, 1.54) is 0 Å². The predicted molar refractivity (Wildman–Crippen MR) is 40.5 cm³/mol. The molecule has 1 atom stereocenters. The molecule has 0 saturated heterocycles. The molecule has 1 radical (unpaired) electrons. The summed E-state index contributed by atoms with van der Waals surface area (Å²) in [4.78, 5) is 0. The number of ether oxygens (including phenoxy) is 1. The minimum Gasteiger partial charge on any atom is -0.376 e. The average molecular weight is 145 g/mol. The van der Waals surface area contributed by atoms with E-state index in [1.807, 2.05) is 20.8 Å². The second-order valence-electron chi connectivity index (χ2n) is 3.56. The molecule has 0 saturated carbocycles. The summed E-state index contributed by atoms with van der Waals surface area (Å²) >= 11 is 0. The van der Waals surface area contributed by atoms with Crippen LogP contribution in [0.1, 0.15) is 34.1 Å². The molecule has 1 unspecified atom stereocenters. The van der Waals surface area contributed by atoms with Crippen molar-refractivity contribution in [2.24, 2.45) is 0 Å². The SMILES string of the molecule is CC([O])CCOC(C)(C)C. The maximum atomic E-state index is 10.5. The van der Waals surface area contributed by atoms with Gasteiger partial charge in [0.15, 0.2) is 0 Å². The Bertz CT molecular complexity index is 81.7. The third kappa shape index (κ3) is 7.92. The van der Waals surface area contributed by atoms with E-state index in [-0.39, 0.29) is 5.60 Å². The van der Waals surface area contributed by atoms with Crippen molar-refractivity contribution in [3.63, 3.8) is 0 Å². The van der Waals surface area contributed by atoms with E-state index in [1.54, 1.807) is 6.92 Å². The lowest BCUT2D eigenvalue weighted by atomic mass is 10.2. The smallest absolute Gasteiger partial charge is 0.0924 e. The molecule has 0 aromatic rings. The summed E-state index contributed by atoms with van der Waals surface area (Å²) in [6.07, 6.45) is 0.111. The molecule has 2 heteroatoms. The maximum absolute atomic E-state index is 10.5. The molecule has 0 aliphatic carbocycles. The molecule has 0 aliphatic rings. The second-order valence-corrected chi connectivity index (χ2v) is 3.56. The average Bonchev–Trinajstić information content (AvgIpc) is 1.59. The molecule has 0 rings (SSSR count). The van der Waals surface area contributed by atoms with Crippen LogP contribution in [-0.4, -0.2) is 18.3 Å². The fourth-order valence-corrected chi connectivity index (χ4v) is 0.531. The van der Waals surface area contributed by atoms with Crippen LogP contribution in [0, 0.1) is 0 Å². The van der Waals surface area contributed by atoms with Crippen LogP contribution in [0.5, 0.6) is 0 Å². The van der Waals surface area contributed by atoms with E-state index in [9.17, 15) is 5.11 Å². The molecule has 2 nitrogen and oxygen atoms in total. The quantitative estimate of drug-likeness (QED) is 0.597. The van der Waals surface area contributed by atoms with Crippen LogP contribution >= 0.6 is 0 Å². The fourth-order valence-electron chi connectivity index (χ4n) is 0.531. The second kappa shape index (κ2) is 3.94. The lowest BCUT2D eigenvalue weighted by molar-refractivity contribution is -0.0248. The Morgan fingerprint density at radius 2 is 1.90 bits per heavy atom. The highest BCUT2D eigenvalue weighted by Crippen LogP contribution is 2.07. The molecule has 0 heterocycles. The van der Waals surface area contributed by atoms with Crippen LogP contribution in [-0.2, 0) is 9.84 Å². The van der Waals surface area contributed by atoms with E-state index in [0.717, 1.165) is 0 Å². The minimum atomic E-state index is -0.498. The summed E-state index contributed by atoms with van der Waals surface area (Å²) in [5.74, 6) is 0. The van der Waals surface area contributed by atoms with Crippen LogP contribution in [0.15, 0.2) is 0 Å². The van der Waals surface area contributed by atoms with Crippen molar-refractivity contribution in [2.45, 2.75) is 45.8 Å². The van der Waals surface area contributed by atoms with Crippen LogP contribution < -0.4 is 0 Å². The normalized spacial score (nSPS) is 15.3. The number of rotatable bonds is 3. The van der Waals surface area contributed by atoms with Gasteiger partial charge in [-0.2, -0.15) is 0 Å². The van der Waals surface area contributed by atoms with Crippen LogP contribution in [0.3, 0.4) is 0 Å². The molecule has 0 spiro atoms. The fraction of sp³-hybridized carbons (Fsp3) is 1.00. The predicted octanol–water partition coefficient (Wildman–Crippen LogP) is 2.01. The molecule has 0 amide bonds. The molecular weight excluding hydrogens is 128 g/mol. The van der Waals surface area contributed by atoms with Gasteiger partial charge in [0.2, 0.25) is 0 Å². The molecule has 0 bridgehead atoms. The Morgan fingerprint density at radius 1 is 1.40 bits per heavy atom. The first-order chi connectivity index (χ1) is 4.42. The van der Waals surface area contributed by atoms with E-state index < -0.39 is 6.10 Å². The number of hydrogen-bond acceptors (Lipinski definition) is 1. The van der Waals surface area contributed by atoms with Gasteiger partial charge >= 0.3 is 0 Å². The van der Waals surface area contributed by atoms with E-state index >= 15 is 0 Å². The van der Waals surface area contributed by atoms with Gasteiger partial charge in [0.1, 0.15) is 0 Å². The highest BCUT2D eigenvalue weighted by atomic mass is 16.5.